The van der Waals surface area contributed by atoms with Gasteiger partial charge in [-0.2, -0.15) is 0 Å². The Balaban J connectivity index is 2.37. The van der Waals surface area contributed by atoms with Crippen molar-refractivity contribution >= 4 is 5.91 Å². The molecule has 0 saturated heterocycles. The summed E-state index contributed by atoms with van der Waals surface area (Å²) in [7, 11) is 0. The molecule has 1 aromatic carbocycles. The molecule has 0 radical (unpaired) electrons. The van der Waals surface area contributed by atoms with Gasteiger partial charge < -0.3 is 4.90 Å². The summed E-state index contributed by atoms with van der Waals surface area (Å²) in [5.41, 5.74) is 4.53. The predicted octanol–water partition coefficient (Wildman–Crippen LogP) is 4.26. The number of carbonyl (C=O) groups excluding carboxylic acids is 1. The van der Waals surface area contributed by atoms with Crippen LogP contribution >= 0.6 is 0 Å². The second-order valence-electron chi connectivity index (χ2n) is 7.94. The van der Waals surface area contributed by atoms with Crippen LogP contribution in [0.3, 0.4) is 0 Å². The van der Waals surface area contributed by atoms with Crippen LogP contribution in [0.15, 0.2) is 18.2 Å². The Morgan fingerprint density at radius 1 is 1.15 bits per heavy atom. The molecular weight excluding hydrogens is 246 g/mol. The fraction of sp³-hybridized carbons (Fsp3) is 0.611. The quantitative estimate of drug-likeness (QED) is 0.788. The minimum absolute atomic E-state index is 0.135. The van der Waals surface area contributed by atoms with Crippen LogP contribution in [0.4, 0.5) is 0 Å². The minimum atomic E-state index is 0.135. The van der Waals surface area contributed by atoms with E-state index in [1.54, 1.807) is 6.92 Å². The lowest BCUT2D eigenvalue weighted by Crippen LogP contribution is -2.27. The Morgan fingerprint density at radius 2 is 1.80 bits per heavy atom. The lowest BCUT2D eigenvalue weighted by Gasteiger charge is -2.34. The molecule has 0 fully saturated rings. The molecule has 2 nitrogen and oxygen atoms in total. The van der Waals surface area contributed by atoms with E-state index in [-0.39, 0.29) is 11.3 Å². The molecule has 2 heteroatoms. The monoisotopic (exact) mass is 273 g/mol. The zero-order valence-corrected chi connectivity index (χ0v) is 13.7. The number of hydrogen-bond acceptors (Lipinski definition) is 1. The SMILES string of the molecule is CC(=O)N1Cc2cccc(C(C)(C)CC(C)(C)C)c2C1. The van der Waals surface area contributed by atoms with Gasteiger partial charge in [0.1, 0.15) is 0 Å². The summed E-state index contributed by atoms with van der Waals surface area (Å²) in [5.74, 6) is 0.167. The standard InChI is InChI=1S/C18H27NO/c1-13(20)19-10-14-8-7-9-16(15(14)11-19)18(5,6)12-17(2,3)4/h7-9H,10-12H2,1-6H3. The fourth-order valence-corrected chi connectivity index (χ4v) is 3.70. The Bertz CT molecular complexity index is 523. The number of hydrogen-bond donors (Lipinski definition) is 0. The summed E-state index contributed by atoms with van der Waals surface area (Å²) in [6.07, 6.45) is 1.14. The lowest BCUT2D eigenvalue weighted by atomic mass is 9.71. The Labute approximate surface area is 123 Å². The van der Waals surface area contributed by atoms with Crippen molar-refractivity contribution in [1.82, 2.24) is 4.90 Å². The van der Waals surface area contributed by atoms with Crippen molar-refractivity contribution in [2.24, 2.45) is 5.41 Å². The van der Waals surface area contributed by atoms with Crippen molar-refractivity contribution in [2.45, 2.75) is 66.5 Å². The highest BCUT2D eigenvalue weighted by molar-refractivity contribution is 5.74. The molecule has 0 spiro atoms. The maximum absolute atomic E-state index is 11.6. The van der Waals surface area contributed by atoms with Crippen molar-refractivity contribution in [2.75, 3.05) is 0 Å². The minimum Gasteiger partial charge on any atom is -0.334 e. The summed E-state index contributed by atoms with van der Waals surface area (Å²) in [4.78, 5) is 13.6. The molecular formula is C18H27NO. The first-order valence-electron chi connectivity index (χ1n) is 7.47. The van der Waals surface area contributed by atoms with Crippen LogP contribution in [0.5, 0.6) is 0 Å². The van der Waals surface area contributed by atoms with E-state index in [2.05, 4.69) is 52.8 Å². The van der Waals surface area contributed by atoms with Crippen molar-refractivity contribution in [3.63, 3.8) is 0 Å². The normalized spacial score (nSPS) is 15.4. The number of benzene rings is 1. The molecule has 0 saturated carbocycles. The van der Waals surface area contributed by atoms with E-state index < -0.39 is 0 Å². The predicted molar refractivity (Wildman–Crippen MR) is 83.5 cm³/mol. The van der Waals surface area contributed by atoms with Gasteiger partial charge in [-0.15, -0.1) is 0 Å². The second kappa shape index (κ2) is 4.91. The molecule has 0 aromatic heterocycles. The highest BCUT2D eigenvalue weighted by atomic mass is 16.2. The first-order chi connectivity index (χ1) is 9.10. The van der Waals surface area contributed by atoms with Gasteiger partial charge in [0.05, 0.1) is 0 Å². The van der Waals surface area contributed by atoms with Gasteiger partial charge in [-0.25, -0.2) is 0 Å². The first-order valence-corrected chi connectivity index (χ1v) is 7.47. The summed E-state index contributed by atoms with van der Waals surface area (Å²) < 4.78 is 0. The Morgan fingerprint density at radius 3 is 2.35 bits per heavy atom. The number of fused-ring (bicyclic) bond motifs is 1. The molecule has 1 heterocycles. The lowest BCUT2D eigenvalue weighted by molar-refractivity contribution is -0.129. The van der Waals surface area contributed by atoms with Crippen molar-refractivity contribution in [3.05, 3.63) is 34.9 Å². The van der Waals surface area contributed by atoms with E-state index in [0.717, 1.165) is 19.5 Å². The Hall–Kier alpha value is -1.31. The zero-order valence-electron chi connectivity index (χ0n) is 13.7. The van der Waals surface area contributed by atoms with Crippen LogP contribution in [0, 0.1) is 5.41 Å². The molecule has 0 atom stereocenters. The maximum atomic E-state index is 11.6. The molecule has 20 heavy (non-hydrogen) atoms. The van der Waals surface area contributed by atoms with E-state index in [1.807, 2.05) is 4.90 Å². The molecule has 0 bridgehead atoms. The molecule has 1 amide bonds. The molecule has 0 aliphatic carbocycles. The number of amides is 1. The van der Waals surface area contributed by atoms with Gasteiger partial charge in [-0.05, 0) is 33.9 Å². The van der Waals surface area contributed by atoms with Crippen molar-refractivity contribution in [1.29, 1.82) is 0 Å². The topological polar surface area (TPSA) is 20.3 Å². The third-order valence-electron chi connectivity index (χ3n) is 4.13. The molecule has 0 unspecified atom stereocenters. The first kappa shape index (κ1) is 15.1. The highest BCUT2D eigenvalue weighted by Crippen LogP contribution is 2.40. The van der Waals surface area contributed by atoms with E-state index in [9.17, 15) is 4.79 Å². The van der Waals surface area contributed by atoms with Crippen LogP contribution < -0.4 is 0 Å². The van der Waals surface area contributed by atoms with Gasteiger partial charge in [0.15, 0.2) is 0 Å². The van der Waals surface area contributed by atoms with Crippen LogP contribution in [0.2, 0.25) is 0 Å². The summed E-state index contributed by atoms with van der Waals surface area (Å²) in [6.45, 7) is 14.7. The highest BCUT2D eigenvalue weighted by Gasteiger charge is 2.32. The molecule has 1 aromatic rings. The van der Waals surface area contributed by atoms with Crippen LogP contribution in [0.25, 0.3) is 0 Å². The average molecular weight is 273 g/mol. The van der Waals surface area contributed by atoms with E-state index in [4.69, 9.17) is 0 Å². The smallest absolute Gasteiger partial charge is 0.220 e. The molecule has 110 valence electrons. The molecule has 1 aliphatic heterocycles. The van der Waals surface area contributed by atoms with Crippen LogP contribution in [-0.4, -0.2) is 10.8 Å². The third-order valence-corrected chi connectivity index (χ3v) is 4.13. The van der Waals surface area contributed by atoms with Gasteiger partial charge in [0.25, 0.3) is 0 Å². The molecule has 1 aliphatic rings. The third kappa shape index (κ3) is 3.05. The number of rotatable bonds is 2. The fourth-order valence-electron chi connectivity index (χ4n) is 3.70. The van der Waals surface area contributed by atoms with E-state index in [1.165, 1.54) is 16.7 Å². The average Bonchev–Trinajstić information content (AvgIpc) is 2.68. The van der Waals surface area contributed by atoms with Gasteiger partial charge in [0, 0.05) is 20.0 Å². The van der Waals surface area contributed by atoms with E-state index >= 15 is 0 Å². The van der Waals surface area contributed by atoms with Crippen molar-refractivity contribution in [3.8, 4) is 0 Å². The van der Waals surface area contributed by atoms with Gasteiger partial charge >= 0.3 is 0 Å². The van der Waals surface area contributed by atoms with Crippen molar-refractivity contribution < 1.29 is 4.79 Å². The summed E-state index contributed by atoms with van der Waals surface area (Å²) in [5, 5.41) is 0. The molecule has 2 rings (SSSR count). The van der Waals surface area contributed by atoms with Gasteiger partial charge in [-0.1, -0.05) is 52.8 Å². The zero-order chi connectivity index (χ0) is 15.1. The molecule has 0 N–H and O–H groups in total. The number of carbonyl (C=O) groups is 1. The van der Waals surface area contributed by atoms with Crippen LogP contribution in [-0.2, 0) is 23.3 Å². The van der Waals surface area contributed by atoms with Crippen LogP contribution in [0.1, 0.15) is 64.7 Å². The van der Waals surface area contributed by atoms with Gasteiger partial charge in [0.2, 0.25) is 5.91 Å². The maximum Gasteiger partial charge on any atom is 0.220 e. The Kier molecular flexibility index (Phi) is 3.70. The largest absolute Gasteiger partial charge is 0.334 e. The number of nitrogens with zero attached hydrogens (tertiary/aromatic N) is 1. The summed E-state index contributed by atoms with van der Waals surface area (Å²) >= 11 is 0. The second-order valence-corrected chi connectivity index (χ2v) is 7.94. The van der Waals surface area contributed by atoms with Gasteiger partial charge in [-0.3, -0.25) is 4.79 Å². The summed E-state index contributed by atoms with van der Waals surface area (Å²) in [6, 6.07) is 6.55. The van der Waals surface area contributed by atoms with E-state index in [0.29, 0.717) is 5.41 Å².